The van der Waals surface area contributed by atoms with Crippen LogP contribution in [0.1, 0.15) is 48.5 Å². The Bertz CT molecular complexity index is 838. The van der Waals surface area contributed by atoms with Crippen molar-refractivity contribution in [1.29, 1.82) is 0 Å². The van der Waals surface area contributed by atoms with Crippen LogP contribution in [-0.2, 0) is 14.0 Å². The summed E-state index contributed by atoms with van der Waals surface area (Å²) in [6.07, 6.45) is -0.433. The van der Waals surface area contributed by atoms with Crippen LogP contribution in [0.2, 0.25) is 0 Å². The lowest BCUT2D eigenvalue weighted by atomic mass is 9.79. The maximum Gasteiger partial charge on any atom is 0.494 e. The van der Waals surface area contributed by atoms with Gasteiger partial charge in [-0.25, -0.2) is 9.18 Å². The van der Waals surface area contributed by atoms with Gasteiger partial charge in [0.2, 0.25) is 0 Å². The number of hydrogen-bond acceptors (Lipinski definition) is 5. The lowest BCUT2D eigenvalue weighted by molar-refractivity contribution is 0.00578. The van der Waals surface area contributed by atoms with Crippen LogP contribution in [0.3, 0.4) is 0 Å². The number of halogens is 1. The highest BCUT2D eigenvalue weighted by atomic mass is 19.1. The Labute approximate surface area is 185 Å². The summed E-state index contributed by atoms with van der Waals surface area (Å²) in [5.74, 6) is -0.220. The molecule has 1 amide bonds. The smallest absolute Gasteiger partial charge is 0.444 e. The Morgan fingerprint density at radius 1 is 1.06 bits per heavy atom. The molecule has 0 unspecified atom stereocenters. The minimum Gasteiger partial charge on any atom is -0.444 e. The third-order valence-corrected chi connectivity index (χ3v) is 6.96. The van der Waals surface area contributed by atoms with Gasteiger partial charge in [-0.15, -0.1) is 0 Å². The number of ether oxygens (including phenoxy) is 1. The number of benzene rings is 1. The maximum atomic E-state index is 15.6. The average Bonchev–Trinajstić information content (AvgIpc) is 3.18. The number of fused-ring (bicyclic) bond motifs is 1. The van der Waals surface area contributed by atoms with Crippen LogP contribution in [0.4, 0.5) is 14.9 Å². The number of likely N-dealkylation sites (tertiary alicyclic amines) is 1. The highest BCUT2D eigenvalue weighted by molar-refractivity contribution is 6.62. The van der Waals surface area contributed by atoms with Crippen molar-refractivity contribution in [2.24, 2.45) is 5.92 Å². The minimum atomic E-state index is -1.42. The van der Waals surface area contributed by atoms with Crippen LogP contribution >= 0.6 is 0 Å². The van der Waals surface area contributed by atoms with Gasteiger partial charge in [-0.1, -0.05) is 12.1 Å². The van der Waals surface area contributed by atoms with Gasteiger partial charge in [-0.2, -0.15) is 0 Å². The third kappa shape index (κ3) is 4.16. The molecule has 8 heteroatoms. The highest BCUT2D eigenvalue weighted by Crippen LogP contribution is 2.41. The maximum absolute atomic E-state index is 15.6. The number of hydrogen-bond donors (Lipinski definition) is 0. The molecule has 1 aromatic rings. The molecule has 170 valence electrons. The van der Waals surface area contributed by atoms with Gasteiger partial charge in [0.1, 0.15) is 5.60 Å². The monoisotopic (exact) mass is 432 g/mol. The van der Waals surface area contributed by atoms with E-state index in [9.17, 15) is 4.79 Å². The predicted octanol–water partition coefficient (Wildman–Crippen LogP) is 3.38. The summed E-state index contributed by atoms with van der Waals surface area (Å²) in [5.41, 5.74) is -0.847. The van der Waals surface area contributed by atoms with Crippen molar-refractivity contribution in [2.75, 3.05) is 31.1 Å². The van der Waals surface area contributed by atoms with E-state index < -0.39 is 24.5 Å². The van der Waals surface area contributed by atoms with Gasteiger partial charge in [0.25, 0.3) is 0 Å². The van der Waals surface area contributed by atoms with Crippen LogP contribution in [-0.4, -0.2) is 66.8 Å². The first-order valence-corrected chi connectivity index (χ1v) is 11.1. The number of carbonyl (C=O) groups excluding carboxylic acids is 1. The molecule has 31 heavy (non-hydrogen) atoms. The first-order valence-electron chi connectivity index (χ1n) is 11.1. The van der Waals surface area contributed by atoms with Crippen LogP contribution < -0.4 is 10.4 Å². The lowest BCUT2D eigenvalue weighted by Gasteiger charge is -2.32. The number of amides is 1. The zero-order chi connectivity index (χ0) is 22.8. The average molecular weight is 432 g/mol. The first-order chi connectivity index (χ1) is 14.2. The van der Waals surface area contributed by atoms with Gasteiger partial charge in [0, 0.05) is 24.7 Å². The van der Waals surface area contributed by atoms with Crippen molar-refractivity contribution in [3.63, 3.8) is 0 Å². The zero-order valence-corrected chi connectivity index (χ0v) is 19.7. The largest absolute Gasteiger partial charge is 0.494 e. The summed E-state index contributed by atoms with van der Waals surface area (Å²) >= 11 is 0. The summed E-state index contributed by atoms with van der Waals surface area (Å²) in [6, 6.07) is 7.97. The third-order valence-electron chi connectivity index (χ3n) is 6.96. The molecular formula is C23H34BFN2O4. The zero-order valence-electron chi connectivity index (χ0n) is 19.7. The van der Waals surface area contributed by atoms with Crippen molar-refractivity contribution in [3.8, 4) is 0 Å². The van der Waals surface area contributed by atoms with Gasteiger partial charge >= 0.3 is 13.2 Å². The van der Waals surface area contributed by atoms with Crippen molar-refractivity contribution in [2.45, 2.75) is 70.9 Å². The molecule has 4 rings (SSSR count). The second-order valence-electron chi connectivity index (χ2n) is 11.2. The number of nitrogens with zero attached hydrogens (tertiary/aromatic N) is 2. The Morgan fingerprint density at radius 3 is 2.16 bits per heavy atom. The molecule has 3 aliphatic heterocycles. The number of alkyl halides is 1. The predicted molar refractivity (Wildman–Crippen MR) is 120 cm³/mol. The Hall–Kier alpha value is -1.80. The van der Waals surface area contributed by atoms with Gasteiger partial charge in [0.15, 0.2) is 5.67 Å². The van der Waals surface area contributed by atoms with Gasteiger partial charge < -0.3 is 23.8 Å². The van der Waals surface area contributed by atoms with Crippen molar-refractivity contribution < 1.29 is 23.2 Å². The van der Waals surface area contributed by atoms with Gasteiger partial charge in [-0.3, -0.25) is 0 Å². The van der Waals surface area contributed by atoms with Crippen LogP contribution in [0.25, 0.3) is 0 Å². The highest BCUT2D eigenvalue weighted by Gasteiger charge is 2.55. The van der Waals surface area contributed by atoms with E-state index in [-0.39, 0.29) is 30.2 Å². The summed E-state index contributed by atoms with van der Waals surface area (Å²) in [6.45, 7) is 14.9. The Kier molecular flexibility index (Phi) is 5.13. The lowest BCUT2D eigenvalue weighted by Crippen LogP contribution is -2.41. The Balaban J connectivity index is 1.39. The van der Waals surface area contributed by atoms with Crippen LogP contribution in [0.5, 0.6) is 0 Å². The molecule has 6 nitrogen and oxygen atoms in total. The quantitative estimate of drug-likeness (QED) is 0.671. The number of anilines is 1. The van der Waals surface area contributed by atoms with E-state index >= 15 is 4.39 Å². The fourth-order valence-electron chi connectivity index (χ4n) is 4.47. The molecule has 1 aromatic carbocycles. The van der Waals surface area contributed by atoms with E-state index in [0.717, 1.165) is 11.2 Å². The van der Waals surface area contributed by atoms with Gasteiger partial charge in [0.05, 0.1) is 24.3 Å². The molecule has 2 atom stereocenters. The fraction of sp³-hybridized carbons (Fsp3) is 0.696. The van der Waals surface area contributed by atoms with Crippen molar-refractivity contribution >= 4 is 24.4 Å². The molecule has 3 aliphatic rings. The second kappa shape index (κ2) is 7.10. The molecule has 0 aromatic heterocycles. The van der Waals surface area contributed by atoms with E-state index in [4.69, 9.17) is 14.0 Å². The molecular weight excluding hydrogens is 398 g/mol. The van der Waals surface area contributed by atoms with E-state index in [2.05, 4.69) is 4.90 Å². The molecule has 0 saturated carbocycles. The topological polar surface area (TPSA) is 51.2 Å². The molecule has 0 N–H and O–H groups in total. The SMILES string of the molecule is CC(C)(C)OC(=O)N1C[C@H]2CN(c3ccc(B4OC(C)(C)C(C)(C)O4)cc3)C[C@]2(F)C1. The molecule has 3 heterocycles. The van der Waals surface area contributed by atoms with E-state index in [1.165, 1.54) is 4.90 Å². The van der Waals surface area contributed by atoms with E-state index in [0.29, 0.717) is 13.1 Å². The molecule has 0 aliphatic carbocycles. The summed E-state index contributed by atoms with van der Waals surface area (Å²) in [4.78, 5) is 15.9. The standard InChI is InChI=1S/C23H34BFN2O4/c1-20(2,3)29-19(28)27-13-16-12-26(14-23(16,25)15-27)18-10-8-17(9-11-18)24-30-21(4,5)22(6,7)31-24/h8-11,16H,12-15H2,1-7H3/t16-,23+/m1/s1. The molecule has 0 spiro atoms. The number of carbonyl (C=O) groups is 1. The van der Waals surface area contributed by atoms with Crippen molar-refractivity contribution in [3.05, 3.63) is 24.3 Å². The number of rotatable bonds is 2. The summed E-state index contributed by atoms with van der Waals surface area (Å²) in [7, 11) is -0.410. The molecule has 0 radical (unpaired) electrons. The normalized spacial score (nSPS) is 29.4. The second-order valence-corrected chi connectivity index (χ2v) is 11.2. The molecule has 3 fully saturated rings. The molecule has 3 saturated heterocycles. The van der Waals surface area contributed by atoms with Crippen molar-refractivity contribution in [1.82, 2.24) is 4.90 Å². The minimum absolute atomic E-state index is 0.0785. The van der Waals surface area contributed by atoms with E-state index in [1.807, 2.05) is 72.7 Å². The van der Waals surface area contributed by atoms with Gasteiger partial charge in [-0.05, 0) is 66.1 Å². The van der Waals surface area contributed by atoms with Crippen LogP contribution in [0.15, 0.2) is 24.3 Å². The van der Waals surface area contributed by atoms with E-state index in [1.54, 1.807) is 0 Å². The first kappa shape index (κ1) is 22.4. The summed E-state index contributed by atoms with van der Waals surface area (Å²) < 4.78 is 33.3. The Morgan fingerprint density at radius 2 is 1.65 bits per heavy atom. The summed E-state index contributed by atoms with van der Waals surface area (Å²) in [5, 5.41) is 0. The fourth-order valence-corrected chi connectivity index (χ4v) is 4.47. The van der Waals surface area contributed by atoms with Crippen LogP contribution in [0, 0.1) is 5.92 Å². The molecule has 0 bridgehead atoms.